The van der Waals surface area contributed by atoms with Gasteiger partial charge >= 0.3 is 5.97 Å². The largest absolute Gasteiger partial charge is 0.504 e. The number of phenolic OH excluding ortho intramolecular Hbond substituents is 1. The lowest BCUT2D eigenvalue weighted by atomic mass is 9.91. The second-order valence-electron chi connectivity index (χ2n) is 6.50. The molecule has 1 aliphatic heterocycles. The van der Waals surface area contributed by atoms with E-state index in [1.54, 1.807) is 6.07 Å². The van der Waals surface area contributed by atoms with E-state index in [0.717, 1.165) is 17.4 Å². The Balaban J connectivity index is 2.12. The molecule has 0 aromatic heterocycles. The van der Waals surface area contributed by atoms with E-state index in [1.807, 2.05) is 32.0 Å². The summed E-state index contributed by atoms with van der Waals surface area (Å²) in [7, 11) is 0. The summed E-state index contributed by atoms with van der Waals surface area (Å²) in [5.41, 5.74) is 0.425. The van der Waals surface area contributed by atoms with E-state index in [0.29, 0.717) is 24.1 Å². The Hall–Kier alpha value is -1.98. The molecule has 0 unspecified atom stereocenters. The van der Waals surface area contributed by atoms with Crippen LogP contribution < -0.4 is 14.3 Å². The fourth-order valence-electron chi connectivity index (χ4n) is 2.94. The van der Waals surface area contributed by atoms with Crippen LogP contribution in [-0.2, 0) is 11.2 Å². The summed E-state index contributed by atoms with van der Waals surface area (Å²) in [4.78, 5) is 14.4. The van der Waals surface area contributed by atoms with Crippen LogP contribution in [0.3, 0.4) is 0 Å². The number of hydrogen-bond donors (Lipinski definition) is 2. The van der Waals surface area contributed by atoms with Crippen LogP contribution in [0.4, 0.5) is 0 Å². The molecule has 0 amide bonds. The standard InChI is InChI=1S/C18H20ClNO4/c1-18(2)9-7-13-16(24-18)12-6-4-3-5-11(12)15(22)17(13)23-14(21)8-10-20-19/h3-6,20,22H,7-10H2,1-2H3. The summed E-state index contributed by atoms with van der Waals surface area (Å²) in [6.45, 7) is 4.34. The molecule has 0 atom stereocenters. The van der Waals surface area contributed by atoms with E-state index in [4.69, 9.17) is 21.3 Å². The number of aromatic hydroxyl groups is 1. The highest BCUT2D eigenvalue weighted by Crippen LogP contribution is 2.49. The minimum Gasteiger partial charge on any atom is -0.504 e. The zero-order valence-corrected chi connectivity index (χ0v) is 14.4. The quantitative estimate of drug-likeness (QED) is 0.500. The lowest BCUT2D eigenvalue weighted by molar-refractivity contribution is -0.134. The molecule has 6 heteroatoms. The first-order valence-corrected chi connectivity index (χ1v) is 8.30. The second-order valence-corrected chi connectivity index (χ2v) is 6.77. The van der Waals surface area contributed by atoms with Crippen LogP contribution >= 0.6 is 11.8 Å². The van der Waals surface area contributed by atoms with Crippen molar-refractivity contribution in [1.82, 2.24) is 4.84 Å². The van der Waals surface area contributed by atoms with Gasteiger partial charge in [-0.25, -0.2) is 4.84 Å². The number of esters is 1. The number of phenols is 1. The lowest BCUT2D eigenvalue weighted by Crippen LogP contribution is -2.33. The normalized spacial score (nSPS) is 15.6. The van der Waals surface area contributed by atoms with E-state index in [9.17, 15) is 9.90 Å². The van der Waals surface area contributed by atoms with Crippen molar-refractivity contribution in [1.29, 1.82) is 0 Å². The van der Waals surface area contributed by atoms with Gasteiger partial charge in [0.25, 0.3) is 0 Å². The van der Waals surface area contributed by atoms with Crippen molar-refractivity contribution in [2.24, 2.45) is 0 Å². The van der Waals surface area contributed by atoms with Crippen LogP contribution in [0.1, 0.15) is 32.3 Å². The molecule has 0 radical (unpaired) electrons. The van der Waals surface area contributed by atoms with Crippen molar-refractivity contribution in [3.05, 3.63) is 29.8 Å². The summed E-state index contributed by atoms with van der Waals surface area (Å²) >= 11 is 5.38. The third-order valence-corrected chi connectivity index (χ3v) is 4.37. The van der Waals surface area contributed by atoms with Gasteiger partial charge in [0, 0.05) is 22.9 Å². The number of nitrogens with one attached hydrogen (secondary N) is 1. The molecular formula is C18H20ClNO4. The van der Waals surface area contributed by atoms with Gasteiger partial charge in [0.15, 0.2) is 11.5 Å². The maximum Gasteiger partial charge on any atom is 0.312 e. The van der Waals surface area contributed by atoms with Crippen LogP contribution in [0, 0.1) is 0 Å². The number of fused-ring (bicyclic) bond motifs is 3. The van der Waals surface area contributed by atoms with Gasteiger partial charge in [0.2, 0.25) is 0 Å². The molecule has 1 aliphatic rings. The number of carbonyl (C=O) groups excluding carboxylic acids is 1. The fraction of sp³-hybridized carbons (Fsp3) is 0.389. The SMILES string of the molecule is CC1(C)CCc2c(OC(=O)CCNCl)c(O)c3ccccc3c2O1. The highest BCUT2D eigenvalue weighted by molar-refractivity contribution is 6.13. The van der Waals surface area contributed by atoms with Gasteiger partial charge in [-0.2, -0.15) is 0 Å². The van der Waals surface area contributed by atoms with E-state index >= 15 is 0 Å². The van der Waals surface area contributed by atoms with Crippen molar-refractivity contribution < 1.29 is 19.4 Å². The van der Waals surface area contributed by atoms with Gasteiger partial charge in [-0.05, 0) is 38.5 Å². The first kappa shape index (κ1) is 16.9. The molecule has 0 spiro atoms. The van der Waals surface area contributed by atoms with Gasteiger partial charge in [0.05, 0.1) is 6.42 Å². The molecule has 0 bridgehead atoms. The molecule has 0 saturated heterocycles. The molecule has 2 N–H and O–H groups in total. The summed E-state index contributed by atoms with van der Waals surface area (Å²) < 4.78 is 11.6. The van der Waals surface area contributed by atoms with E-state index in [2.05, 4.69) is 4.84 Å². The Morgan fingerprint density at radius 2 is 2.08 bits per heavy atom. The Bertz CT molecular complexity index is 788. The van der Waals surface area contributed by atoms with E-state index in [-0.39, 0.29) is 23.5 Å². The van der Waals surface area contributed by atoms with Crippen molar-refractivity contribution in [3.63, 3.8) is 0 Å². The smallest absolute Gasteiger partial charge is 0.312 e. The summed E-state index contributed by atoms with van der Waals surface area (Å²) in [6.07, 6.45) is 1.54. The summed E-state index contributed by atoms with van der Waals surface area (Å²) in [6, 6.07) is 7.40. The Morgan fingerprint density at radius 1 is 1.38 bits per heavy atom. The number of carbonyl (C=O) groups is 1. The molecule has 0 fully saturated rings. The molecule has 1 heterocycles. The molecular weight excluding hydrogens is 330 g/mol. The summed E-state index contributed by atoms with van der Waals surface area (Å²) in [5.74, 6) is 0.386. The minimum atomic E-state index is -0.458. The molecule has 2 aromatic rings. The molecule has 3 rings (SSSR count). The fourth-order valence-corrected chi connectivity index (χ4v) is 3.03. The van der Waals surface area contributed by atoms with E-state index in [1.165, 1.54) is 0 Å². The van der Waals surface area contributed by atoms with Gasteiger partial charge in [-0.3, -0.25) is 4.79 Å². The topological polar surface area (TPSA) is 67.8 Å². The monoisotopic (exact) mass is 349 g/mol. The molecule has 0 aliphatic carbocycles. The minimum absolute atomic E-state index is 0.0279. The molecule has 0 saturated carbocycles. The van der Waals surface area contributed by atoms with Crippen LogP contribution in [0.5, 0.6) is 17.2 Å². The third-order valence-electron chi connectivity index (χ3n) is 4.18. The van der Waals surface area contributed by atoms with Gasteiger partial charge in [0.1, 0.15) is 11.4 Å². The number of halogens is 1. The average Bonchev–Trinajstić information content (AvgIpc) is 2.56. The van der Waals surface area contributed by atoms with Crippen LogP contribution in [0.15, 0.2) is 24.3 Å². The molecule has 5 nitrogen and oxygen atoms in total. The molecule has 2 aromatic carbocycles. The highest BCUT2D eigenvalue weighted by Gasteiger charge is 2.32. The van der Waals surface area contributed by atoms with Gasteiger partial charge in [-0.1, -0.05) is 24.3 Å². The summed E-state index contributed by atoms with van der Waals surface area (Å²) in [5, 5.41) is 12.1. The maximum atomic E-state index is 12.0. The van der Waals surface area contributed by atoms with E-state index < -0.39 is 5.97 Å². The Kier molecular flexibility index (Phi) is 4.56. The number of hydrogen-bond acceptors (Lipinski definition) is 5. The predicted octanol–water partition coefficient (Wildman–Crippen LogP) is 3.69. The third kappa shape index (κ3) is 3.14. The van der Waals surface area contributed by atoms with Crippen molar-refractivity contribution >= 4 is 28.5 Å². The zero-order valence-electron chi connectivity index (χ0n) is 13.7. The van der Waals surface area contributed by atoms with Gasteiger partial charge < -0.3 is 14.6 Å². The Labute approximate surface area is 145 Å². The van der Waals surface area contributed by atoms with Gasteiger partial charge in [-0.15, -0.1) is 0 Å². The zero-order chi connectivity index (χ0) is 17.3. The average molecular weight is 350 g/mol. The van der Waals surface area contributed by atoms with Crippen LogP contribution in [0.25, 0.3) is 10.8 Å². The Morgan fingerprint density at radius 3 is 2.79 bits per heavy atom. The van der Waals surface area contributed by atoms with Crippen molar-refractivity contribution in [2.45, 2.75) is 38.7 Å². The molecule has 24 heavy (non-hydrogen) atoms. The predicted molar refractivity (Wildman–Crippen MR) is 92.7 cm³/mol. The highest BCUT2D eigenvalue weighted by atomic mass is 35.5. The number of benzene rings is 2. The lowest BCUT2D eigenvalue weighted by Gasteiger charge is -2.34. The maximum absolute atomic E-state index is 12.0. The first-order valence-electron chi connectivity index (χ1n) is 7.92. The van der Waals surface area contributed by atoms with Crippen LogP contribution in [-0.4, -0.2) is 23.2 Å². The number of rotatable bonds is 4. The van der Waals surface area contributed by atoms with Crippen molar-refractivity contribution in [2.75, 3.05) is 6.54 Å². The van der Waals surface area contributed by atoms with Crippen molar-refractivity contribution in [3.8, 4) is 17.2 Å². The first-order chi connectivity index (χ1) is 11.4. The van der Waals surface area contributed by atoms with Crippen LogP contribution in [0.2, 0.25) is 0 Å². The molecule has 128 valence electrons. The second kappa shape index (κ2) is 6.49. The number of ether oxygens (including phenoxy) is 2.